The van der Waals surface area contributed by atoms with Gasteiger partial charge in [-0.2, -0.15) is 0 Å². The second-order valence-electron chi connectivity index (χ2n) is 6.17. The molecular weight excluding hydrogens is 298 g/mol. The maximum Gasteiger partial charge on any atom is 0.121 e. The highest BCUT2D eigenvalue weighted by Crippen LogP contribution is 2.14. The summed E-state index contributed by atoms with van der Waals surface area (Å²) in [6.07, 6.45) is 3.99. The summed E-state index contributed by atoms with van der Waals surface area (Å²) in [6.45, 7) is 5.45. The lowest BCUT2D eigenvalue weighted by molar-refractivity contribution is 0.243. The maximum absolute atomic E-state index is 5.65. The first-order chi connectivity index (χ1) is 11.8. The third-order valence-corrected chi connectivity index (χ3v) is 4.23. The van der Waals surface area contributed by atoms with E-state index in [4.69, 9.17) is 10.7 Å². The van der Waals surface area contributed by atoms with Crippen molar-refractivity contribution in [1.82, 2.24) is 19.9 Å². The van der Waals surface area contributed by atoms with E-state index in [9.17, 15) is 0 Å². The number of hydrogen-bond donors (Lipinski definition) is 2. The first kappa shape index (κ1) is 16.6. The van der Waals surface area contributed by atoms with Crippen LogP contribution in [0.5, 0.6) is 0 Å². The summed E-state index contributed by atoms with van der Waals surface area (Å²) >= 11 is 0. The number of para-hydroxylation sites is 2. The zero-order valence-electron chi connectivity index (χ0n) is 14.2. The fourth-order valence-electron chi connectivity index (χ4n) is 2.88. The minimum Gasteiger partial charge on any atom is -0.341 e. The van der Waals surface area contributed by atoms with Gasteiger partial charge in [0.05, 0.1) is 23.3 Å². The molecular formula is C19H25N5. The van der Waals surface area contributed by atoms with Gasteiger partial charge in [0.1, 0.15) is 5.82 Å². The van der Waals surface area contributed by atoms with Crippen LogP contribution < -0.4 is 5.73 Å². The van der Waals surface area contributed by atoms with Crippen molar-refractivity contribution in [1.29, 1.82) is 0 Å². The van der Waals surface area contributed by atoms with Crippen molar-refractivity contribution in [2.75, 3.05) is 13.1 Å². The number of imidazole rings is 1. The van der Waals surface area contributed by atoms with Gasteiger partial charge in [-0.15, -0.1) is 0 Å². The molecule has 0 aliphatic rings. The van der Waals surface area contributed by atoms with Gasteiger partial charge in [-0.1, -0.05) is 18.2 Å². The zero-order chi connectivity index (χ0) is 16.8. The number of nitrogens with one attached hydrogen (secondary N) is 1. The first-order valence-electron chi connectivity index (χ1n) is 8.53. The van der Waals surface area contributed by atoms with Crippen molar-refractivity contribution in [2.45, 2.75) is 32.9 Å². The van der Waals surface area contributed by atoms with Crippen LogP contribution in [0.15, 0.2) is 42.6 Å². The maximum atomic E-state index is 5.65. The van der Waals surface area contributed by atoms with E-state index in [0.29, 0.717) is 0 Å². The molecule has 2 heterocycles. The summed E-state index contributed by atoms with van der Waals surface area (Å²) in [5, 5.41) is 0. The van der Waals surface area contributed by atoms with Crippen LogP contribution in [-0.2, 0) is 13.1 Å². The Morgan fingerprint density at radius 2 is 1.96 bits per heavy atom. The van der Waals surface area contributed by atoms with Gasteiger partial charge in [0.15, 0.2) is 0 Å². The SMILES string of the molecule is Cc1cccnc1CN(CCCCN)Cc1nc2ccccc2[nH]1. The summed E-state index contributed by atoms with van der Waals surface area (Å²) in [7, 11) is 0. The van der Waals surface area contributed by atoms with Crippen molar-refractivity contribution < 1.29 is 0 Å². The van der Waals surface area contributed by atoms with Crippen LogP contribution in [-0.4, -0.2) is 32.9 Å². The lowest BCUT2D eigenvalue weighted by atomic mass is 10.2. The quantitative estimate of drug-likeness (QED) is 0.625. The van der Waals surface area contributed by atoms with Crippen LogP contribution in [0.1, 0.15) is 29.9 Å². The van der Waals surface area contributed by atoms with Crippen molar-refractivity contribution in [3.05, 3.63) is 59.7 Å². The second kappa shape index (κ2) is 8.04. The molecule has 3 aromatic rings. The minimum atomic E-state index is 0.737. The number of H-pyrrole nitrogens is 1. The molecule has 5 nitrogen and oxygen atoms in total. The van der Waals surface area contributed by atoms with Crippen molar-refractivity contribution in [3.63, 3.8) is 0 Å². The number of nitrogens with two attached hydrogens (primary N) is 1. The molecule has 126 valence electrons. The smallest absolute Gasteiger partial charge is 0.121 e. The molecule has 3 rings (SSSR count). The van der Waals surface area contributed by atoms with Crippen LogP contribution in [0.2, 0.25) is 0 Å². The fourth-order valence-corrected chi connectivity index (χ4v) is 2.88. The highest BCUT2D eigenvalue weighted by Gasteiger charge is 2.12. The Balaban J connectivity index is 1.74. The number of fused-ring (bicyclic) bond motifs is 1. The van der Waals surface area contributed by atoms with Gasteiger partial charge in [-0.25, -0.2) is 4.98 Å². The molecule has 0 unspecified atom stereocenters. The van der Waals surface area contributed by atoms with Crippen LogP contribution >= 0.6 is 0 Å². The molecule has 0 fully saturated rings. The molecule has 0 saturated carbocycles. The topological polar surface area (TPSA) is 70.8 Å². The molecule has 0 saturated heterocycles. The number of aromatic amines is 1. The average Bonchev–Trinajstić information content (AvgIpc) is 2.99. The van der Waals surface area contributed by atoms with Gasteiger partial charge < -0.3 is 10.7 Å². The molecule has 0 aliphatic carbocycles. The van der Waals surface area contributed by atoms with Crippen LogP contribution in [0.25, 0.3) is 11.0 Å². The van der Waals surface area contributed by atoms with E-state index in [2.05, 4.69) is 33.9 Å². The molecule has 0 bridgehead atoms. The molecule has 5 heteroatoms. The number of hydrogen-bond acceptors (Lipinski definition) is 4. The van der Waals surface area contributed by atoms with Gasteiger partial charge in [0, 0.05) is 12.7 Å². The molecule has 0 spiro atoms. The average molecular weight is 323 g/mol. The third-order valence-electron chi connectivity index (χ3n) is 4.23. The van der Waals surface area contributed by atoms with Crippen molar-refractivity contribution >= 4 is 11.0 Å². The first-order valence-corrected chi connectivity index (χ1v) is 8.53. The van der Waals surface area contributed by atoms with E-state index >= 15 is 0 Å². The van der Waals surface area contributed by atoms with Gasteiger partial charge in [0.2, 0.25) is 0 Å². The Hall–Kier alpha value is -2.24. The fraction of sp³-hybridized carbons (Fsp3) is 0.368. The van der Waals surface area contributed by atoms with Crippen LogP contribution in [0, 0.1) is 6.92 Å². The number of benzene rings is 1. The molecule has 24 heavy (non-hydrogen) atoms. The van der Waals surface area contributed by atoms with E-state index in [-0.39, 0.29) is 0 Å². The minimum absolute atomic E-state index is 0.737. The number of aryl methyl sites for hydroxylation is 1. The summed E-state index contributed by atoms with van der Waals surface area (Å²) in [6, 6.07) is 12.2. The highest BCUT2D eigenvalue weighted by molar-refractivity contribution is 5.74. The third kappa shape index (κ3) is 4.19. The molecule has 2 aromatic heterocycles. The van der Waals surface area contributed by atoms with E-state index in [1.165, 1.54) is 5.56 Å². The molecule has 1 aromatic carbocycles. The summed E-state index contributed by atoms with van der Waals surface area (Å²) < 4.78 is 0. The summed E-state index contributed by atoms with van der Waals surface area (Å²) in [4.78, 5) is 15.0. The Bertz CT molecular complexity index is 747. The van der Waals surface area contributed by atoms with Crippen LogP contribution in [0.4, 0.5) is 0 Å². The largest absolute Gasteiger partial charge is 0.341 e. The van der Waals surface area contributed by atoms with Crippen molar-refractivity contribution in [3.8, 4) is 0 Å². The number of rotatable bonds is 8. The molecule has 0 aliphatic heterocycles. The zero-order valence-corrected chi connectivity index (χ0v) is 14.2. The number of unbranched alkanes of at least 4 members (excludes halogenated alkanes) is 1. The van der Waals surface area contributed by atoms with Crippen molar-refractivity contribution in [2.24, 2.45) is 5.73 Å². The van der Waals surface area contributed by atoms with E-state index < -0.39 is 0 Å². The Kier molecular flexibility index (Phi) is 5.56. The number of pyridine rings is 1. The monoisotopic (exact) mass is 323 g/mol. The second-order valence-corrected chi connectivity index (χ2v) is 6.17. The molecule has 3 N–H and O–H groups in total. The normalized spacial score (nSPS) is 11.5. The molecule has 0 radical (unpaired) electrons. The van der Waals surface area contributed by atoms with Crippen LogP contribution in [0.3, 0.4) is 0 Å². The molecule has 0 atom stereocenters. The Morgan fingerprint density at radius 3 is 2.75 bits per heavy atom. The van der Waals surface area contributed by atoms with E-state index in [1.807, 2.05) is 30.5 Å². The highest BCUT2D eigenvalue weighted by atomic mass is 15.2. The standard InChI is InChI=1S/C19H25N5/c1-15-7-6-11-21-18(15)13-24(12-5-4-10-20)14-19-22-16-8-2-3-9-17(16)23-19/h2-3,6-9,11H,4-5,10,12-14,20H2,1H3,(H,22,23). The van der Waals surface area contributed by atoms with Gasteiger partial charge in [-0.3, -0.25) is 9.88 Å². The lowest BCUT2D eigenvalue weighted by Crippen LogP contribution is -2.26. The Morgan fingerprint density at radius 1 is 1.08 bits per heavy atom. The predicted molar refractivity (Wildman–Crippen MR) is 97.5 cm³/mol. The summed E-state index contributed by atoms with van der Waals surface area (Å²) in [5.41, 5.74) is 10.1. The van der Waals surface area contributed by atoms with E-state index in [0.717, 1.165) is 61.6 Å². The summed E-state index contributed by atoms with van der Waals surface area (Å²) in [5.74, 6) is 0.998. The molecule has 0 amide bonds. The van der Waals surface area contributed by atoms with E-state index in [1.54, 1.807) is 0 Å². The number of nitrogens with zero attached hydrogens (tertiary/aromatic N) is 3. The Labute approximate surface area is 142 Å². The number of aromatic nitrogens is 3. The van der Waals surface area contributed by atoms with Gasteiger partial charge >= 0.3 is 0 Å². The van der Waals surface area contributed by atoms with Gasteiger partial charge in [0.25, 0.3) is 0 Å². The van der Waals surface area contributed by atoms with Gasteiger partial charge in [-0.05, 0) is 56.6 Å². The predicted octanol–water partition coefficient (Wildman–Crippen LogP) is 3.01. The lowest BCUT2D eigenvalue weighted by Gasteiger charge is -2.21.